The number of aryl methyl sites for hydroxylation is 1. The molecular formula is C20H19FN2O3. The van der Waals surface area contributed by atoms with Crippen LogP contribution in [0.4, 0.5) is 4.39 Å². The number of fused-ring (bicyclic) bond motifs is 1. The predicted octanol–water partition coefficient (Wildman–Crippen LogP) is 3.31. The zero-order valence-electron chi connectivity index (χ0n) is 14.2. The van der Waals surface area contributed by atoms with E-state index in [1.165, 1.54) is 16.7 Å². The fourth-order valence-corrected chi connectivity index (χ4v) is 3.22. The third kappa shape index (κ3) is 3.40. The predicted molar refractivity (Wildman–Crippen MR) is 95.1 cm³/mol. The van der Waals surface area contributed by atoms with Gasteiger partial charge in [0.15, 0.2) is 5.58 Å². The number of benzene rings is 2. The summed E-state index contributed by atoms with van der Waals surface area (Å²) in [6.07, 6.45) is 2.14. The molecule has 3 aromatic rings. The summed E-state index contributed by atoms with van der Waals surface area (Å²) in [6.45, 7) is 0.656. The molecule has 0 radical (unpaired) electrons. The van der Waals surface area contributed by atoms with Crippen LogP contribution in [0.5, 0.6) is 0 Å². The number of carbonyl (C=O) groups is 1. The van der Waals surface area contributed by atoms with Gasteiger partial charge in [-0.3, -0.25) is 9.36 Å². The van der Waals surface area contributed by atoms with E-state index in [9.17, 15) is 14.0 Å². The van der Waals surface area contributed by atoms with Gasteiger partial charge in [0.1, 0.15) is 5.82 Å². The van der Waals surface area contributed by atoms with Gasteiger partial charge in [-0.2, -0.15) is 0 Å². The van der Waals surface area contributed by atoms with E-state index in [0.717, 1.165) is 18.4 Å². The molecule has 0 spiro atoms. The molecule has 5 nitrogen and oxygen atoms in total. The van der Waals surface area contributed by atoms with Gasteiger partial charge in [-0.05, 0) is 42.7 Å². The number of nitrogens with zero attached hydrogens (tertiary/aromatic N) is 2. The molecule has 0 unspecified atom stereocenters. The van der Waals surface area contributed by atoms with Crippen LogP contribution >= 0.6 is 0 Å². The normalized spacial score (nSPS) is 13.9. The molecule has 1 saturated carbocycles. The van der Waals surface area contributed by atoms with Crippen molar-refractivity contribution >= 4 is 17.0 Å². The molecule has 1 amide bonds. The second-order valence-electron chi connectivity index (χ2n) is 6.62. The van der Waals surface area contributed by atoms with Gasteiger partial charge in [0, 0.05) is 25.6 Å². The van der Waals surface area contributed by atoms with E-state index in [4.69, 9.17) is 4.42 Å². The van der Waals surface area contributed by atoms with Gasteiger partial charge in [0.2, 0.25) is 5.91 Å². The Morgan fingerprint density at radius 1 is 1.19 bits per heavy atom. The van der Waals surface area contributed by atoms with Crippen LogP contribution in [-0.4, -0.2) is 21.4 Å². The van der Waals surface area contributed by atoms with E-state index in [1.54, 1.807) is 29.2 Å². The van der Waals surface area contributed by atoms with Crippen LogP contribution in [0, 0.1) is 5.82 Å². The highest BCUT2D eigenvalue weighted by molar-refractivity contribution is 5.77. The van der Waals surface area contributed by atoms with E-state index in [2.05, 4.69) is 0 Å². The zero-order chi connectivity index (χ0) is 18.1. The van der Waals surface area contributed by atoms with Crippen molar-refractivity contribution in [3.8, 4) is 0 Å². The average Bonchev–Trinajstić information content (AvgIpc) is 3.41. The number of amides is 1. The lowest BCUT2D eigenvalue weighted by atomic mass is 10.2. The number of hydrogen-bond acceptors (Lipinski definition) is 3. The summed E-state index contributed by atoms with van der Waals surface area (Å²) in [7, 11) is 0. The fraction of sp³-hybridized carbons (Fsp3) is 0.300. The summed E-state index contributed by atoms with van der Waals surface area (Å²) < 4.78 is 20.1. The number of oxazole rings is 1. The van der Waals surface area contributed by atoms with Gasteiger partial charge in [-0.1, -0.05) is 24.3 Å². The minimum atomic E-state index is -0.456. The van der Waals surface area contributed by atoms with Crippen molar-refractivity contribution in [2.24, 2.45) is 0 Å². The summed E-state index contributed by atoms with van der Waals surface area (Å²) in [6, 6.07) is 13.7. The topological polar surface area (TPSA) is 55.5 Å². The Balaban J connectivity index is 1.48. The number of hydrogen-bond donors (Lipinski definition) is 0. The monoisotopic (exact) mass is 354 g/mol. The largest absolute Gasteiger partial charge is 0.419 e. The summed E-state index contributed by atoms with van der Waals surface area (Å²) >= 11 is 0. The maximum absolute atomic E-state index is 13.4. The van der Waals surface area contributed by atoms with Gasteiger partial charge >= 0.3 is 5.76 Å². The van der Waals surface area contributed by atoms with Crippen LogP contribution in [0.2, 0.25) is 0 Å². The Hall–Kier alpha value is -2.89. The summed E-state index contributed by atoms with van der Waals surface area (Å²) in [5.74, 6) is -0.793. The minimum Gasteiger partial charge on any atom is -0.408 e. The lowest BCUT2D eigenvalue weighted by Gasteiger charge is -2.22. The van der Waals surface area contributed by atoms with Crippen LogP contribution in [0.3, 0.4) is 0 Å². The van der Waals surface area contributed by atoms with E-state index < -0.39 is 5.76 Å². The first kappa shape index (κ1) is 16.6. The molecule has 2 aromatic carbocycles. The Kier molecular flexibility index (Phi) is 4.32. The molecule has 0 N–H and O–H groups in total. The fourth-order valence-electron chi connectivity index (χ4n) is 3.22. The molecule has 26 heavy (non-hydrogen) atoms. The molecule has 6 heteroatoms. The van der Waals surface area contributed by atoms with Crippen LogP contribution in [0.15, 0.2) is 57.7 Å². The first-order valence-corrected chi connectivity index (χ1v) is 8.74. The Bertz CT molecular complexity index is 1000. The Morgan fingerprint density at radius 3 is 2.77 bits per heavy atom. The van der Waals surface area contributed by atoms with Gasteiger partial charge < -0.3 is 9.32 Å². The highest BCUT2D eigenvalue weighted by Crippen LogP contribution is 2.29. The Labute approximate surface area is 149 Å². The number of carbonyl (C=O) groups excluding carboxylic acids is 1. The Morgan fingerprint density at radius 2 is 2.00 bits per heavy atom. The first-order chi connectivity index (χ1) is 12.6. The molecule has 1 aromatic heterocycles. The number of para-hydroxylation sites is 2. The smallest absolute Gasteiger partial charge is 0.408 e. The van der Waals surface area contributed by atoms with E-state index >= 15 is 0 Å². The van der Waals surface area contributed by atoms with Gasteiger partial charge in [-0.25, -0.2) is 9.18 Å². The van der Waals surface area contributed by atoms with Crippen LogP contribution < -0.4 is 5.76 Å². The molecule has 0 atom stereocenters. The quantitative estimate of drug-likeness (QED) is 0.682. The second-order valence-corrected chi connectivity index (χ2v) is 6.62. The molecule has 1 aliphatic rings. The SMILES string of the molecule is O=C(CCn1c(=O)oc2ccccc21)N(Cc1cccc(F)c1)C1CC1. The molecule has 1 fully saturated rings. The van der Waals surface area contributed by atoms with E-state index in [0.29, 0.717) is 17.6 Å². The maximum atomic E-state index is 13.4. The van der Waals surface area contributed by atoms with Crippen molar-refractivity contribution in [3.05, 3.63) is 70.5 Å². The van der Waals surface area contributed by atoms with E-state index in [-0.39, 0.29) is 30.7 Å². The van der Waals surface area contributed by atoms with Gasteiger partial charge in [0.05, 0.1) is 5.52 Å². The molecule has 4 rings (SSSR count). The molecule has 1 heterocycles. The standard InChI is InChI=1S/C20H19FN2O3/c21-15-5-3-4-14(12-15)13-23(16-8-9-16)19(24)10-11-22-17-6-1-2-7-18(17)26-20(22)25/h1-7,12,16H,8-11,13H2. The summed E-state index contributed by atoms with van der Waals surface area (Å²) in [5, 5.41) is 0. The minimum absolute atomic E-state index is 0.0334. The van der Waals surface area contributed by atoms with Crippen molar-refractivity contribution in [3.63, 3.8) is 0 Å². The van der Waals surface area contributed by atoms with Gasteiger partial charge in [0.25, 0.3) is 0 Å². The van der Waals surface area contributed by atoms with Crippen LogP contribution in [-0.2, 0) is 17.9 Å². The zero-order valence-corrected chi connectivity index (χ0v) is 14.2. The van der Waals surface area contributed by atoms with Crippen molar-refractivity contribution in [1.29, 1.82) is 0 Å². The average molecular weight is 354 g/mol. The maximum Gasteiger partial charge on any atom is 0.419 e. The number of aromatic nitrogens is 1. The van der Waals surface area contributed by atoms with Crippen LogP contribution in [0.25, 0.3) is 11.1 Å². The van der Waals surface area contributed by atoms with Crippen molar-refractivity contribution in [1.82, 2.24) is 9.47 Å². The highest BCUT2D eigenvalue weighted by Gasteiger charge is 2.32. The lowest BCUT2D eigenvalue weighted by Crippen LogP contribution is -2.33. The lowest BCUT2D eigenvalue weighted by molar-refractivity contribution is -0.132. The third-order valence-corrected chi connectivity index (χ3v) is 4.67. The van der Waals surface area contributed by atoms with Crippen molar-refractivity contribution in [2.75, 3.05) is 0 Å². The molecule has 134 valence electrons. The second kappa shape index (κ2) is 6.78. The molecular weight excluding hydrogens is 335 g/mol. The van der Waals surface area contributed by atoms with Crippen molar-refractivity contribution < 1.29 is 13.6 Å². The van der Waals surface area contributed by atoms with E-state index in [1.807, 2.05) is 12.1 Å². The molecule has 0 bridgehead atoms. The number of rotatable bonds is 6. The molecule has 0 saturated heterocycles. The highest BCUT2D eigenvalue weighted by atomic mass is 19.1. The van der Waals surface area contributed by atoms with Crippen LogP contribution in [0.1, 0.15) is 24.8 Å². The summed E-state index contributed by atoms with van der Waals surface area (Å²) in [5.41, 5.74) is 1.98. The molecule has 0 aliphatic heterocycles. The first-order valence-electron chi connectivity index (χ1n) is 8.74. The number of halogens is 1. The summed E-state index contributed by atoms with van der Waals surface area (Å²) in [4.78, 5) is 26.6. The van der Waals surface area contributed by atoms with Gasteiger partial charge in [-0.15, -0.1) is 0 Å². The third-order valence-electron chi connectivity index (χ3n) is 4.67. The molecule has 1 aliphatic carbocycles. The van der Waals surface area contributed by atoms with Crippen molar-refractivity contribution in [2.45, 2.75) is 38.4 Å².